The van der Waals surface area contributed by atoms with E-state index in [4.69, 9.17) is 0 Å². The summed E-state index contributed by atoms with van der Waals surface area (Å²) >= 11 is 4.69. The van der Waals surface area contributed by atoms with E-state index in [1.807, 2.05) is 24.9 Å². The molecule has 0 bridgehead atoms. The van der Waals surface area contributed by atoms with E-state index < -0.39 is 0 Å². The van der Waals surface area contributed by atoms with Gasteiger partial charge in [0.05, 0.1) is 6.04 Å². The van der Waals surface area contributed by atoms with Crippen LogP contribution in [0.15, 0.2) is 28.2 Å². The van der Waals surface area contributed by atoms with Crippen LogP contribution < -0.4 is 4.90 Å². The van der Waals surface area contributed by atoms with Crippen LogP contribution in [-0.4, -0.2) is 17.2 Å². The zero-order valence-electron chi connectivity index (χ0n) is 9.39. The van der Waals surface area contributed by atoms with Crippen molar-refractivity contribution in [2.24, 2.45) is 0 Å². The maximum absolute atomic E-state index is 13.7. The molecular formula is C11H11BrFN3S. The first kappa shape index (κ1) is 12.4. The van der Waals surface area contributed by atoms with E-state index in [2.05, 4.69) is 26.1 Å². The first-order valence-corrected chi connectivity index (χ1v) is 6.67. The average molecular weight is 316 g/mol. The number of hydrogen-bond donors (Lipinski definition) is 0. The molecule has 0 aliphatic heterocycles. The summed E-state index contributed by atoms with van der Waals surface area (Å²) < 4.78 is 14.4. The minimum Gasteiger partial charge on any atom is -0.343 e. The van der Waals surface area contributed by atoms with Crippen molar-refractivity contribution in [2.75, 3.05) is 11.9 Å². The zero-order valence-corrected chi connectivity index (χ0v) is 11.8. The Kier molecular flexibility index (Phi) is 3.73. The maximum atomic E-state index is 13.7. The largest absolute Gasteiger partial charge is 0.343 e. The van der Waals surface area contributed by atoms with E-state index in [0.29, 0.717) is 5.56 Å². The van der Waals surface area contributed by atoms with Crippen LogP contribution in [0.4, 0.5) is 9.52 Å². The van der Waals surface area contributed by atoms with Gasteiger partial charge in [-0.05, 0) is 28.9 Å². The van der Waals surface area contributed by atoms with Crippen molar-refractivity contribution in [1.82, 2.24) is 10.2 Å². The standard InChI is InChI=1S/C11H11BrFN3S/c1-7(8-5-3-4-6-9(8)13)16(2)11-15-14-10(12)17-11/h3-7H,1-2H3. The Balaban J connectivity index is 2.26. The SMILES string of the molecule is CC(c1ccccc1F)N(C)c1nnc(Br)s1. The molecule has 17 heavy (non-hydrogen) atoms. The van der Waals surface area contributed by atoms with Crippen molar-refractivity contribution in [1.29, 1.82) is 0 Å². The summed E-state index contributed by atoms with van der Waals surface area (Å²) in [5.41, 5.74) is 0.654. The minimum atomic E-state index is -0.199. The van der Waals surface area contributed by atoms with Gasteiger partial charge in [0.15, 0.2) is 3.92 Å². The molecule has 0 amide bonds. The minimum absolute atomic E-state index is 0.0870. The summed E-state index contributed by atoms with van der Waals surface area (Å²) in [5, 5.41) is 8.66. The smallest absolute Gasteiger partial charge is 0.209 e. The van der Waals surface area contributed by atoms with Gasteiger partial charge in [-0.1, -0.05) is 29.5 Å². The summed E-state index contributed by atoms with van der Waals surface area (Å²) in [6.45, 7) is 1.94. The lowest BCUT2D eigenvalue weighted by molar-refractivity contribution is 0.584. The van der Waals surface area contributed by atoms with Gasteiger partial charge in [-0.25, -0.2) is 4.39 Å². The van der Waals surface area contributed by atoms with E-state index >= 15 is 0 Å². The number of aromatic nitrogens is 2. The molecule has 0 N–H and O–H groups in total. The number of anilines is 1. The van der Waals surface area contributed by atoms with E-state index in [0.717, 1.165) is 9.05 Å². The lowest BCUT2D eigenvalue weighted by Gasteiger charge is -2.24. The molecule has 6 heteroatoms. The topological polar surface area (TPSA) is 29.0 Å². The highest BCUT2D eigenvalue weighted by molar-refractivity contribution is 9.11. The van der Waals surface area contributed by atoms with Gasteiger partial charge in [0.2, 0.25) is 5.13 Å². The third kappa shape index (κ3) is 2.63. The van der Waals surface area contributed by atoms with Crippen molar-refractivity contribution in [3.05, 3.63) is 39.6 Å². The molecule has 1 atom stereocenters. The fraction of sp³-hybridized carbons (Fsp3) is 0.273. The number of nitrogens with zero attached hydrogens (tertiary/aromatic N) is 3. The van der Waals surface area contributed by atoms with Crippen molar-refractivity contribution < 1.29 is 4.39 Å². The molecule has 90 valence electrons. The van der Waals surface area contributed by atoms with Gasteiger partial charge < -0.3 is 4.90 Å². The predicted molar refractivity (Wildman–Crippen MR) is 70.8 cm³/mol. The third-order valence-corrected chi connectivity index (χ3v) is 4.07. The molecule has 1 aromatic carbocycles. The predicted octanol–water partition coefficient (Wildman–Crippen LogP) is 3.64. The fourth-order valence-electron chi connectivity index (χ4n) is 1.53. The van der Waals surface area contributed by atoms with Gasteiger partial charge in [-0.15, -0.1) is 10.2 Å². The fourth-order valence-corrected chi connectivity index (χ4v) is 2.66. The van der Waals surface area contributed by atoms with Gasteiger partial charge in [0, 0.05) is 12.6 Å². The normalized spacial score (nSPS) is 12.5. The lowest BCUT2D eigenvalue weighted by Crippen LogP contribution is -2.22. The van der Waals surface area contributed by atoms with Gasteiger partial charge in [-0.2, -0.15) is 0 Å². The highest BCUT2D eigenvalue weighted by atomic mass is 79.9. The van der Waals surface area contributed by atoms with Crippen molar-refractivity contribution in [3.8, 4) is 0 Å². The van der Waals surface area contributed by atoms with Crippen LogP contribution in [-0.2, 0) is 0 Å². The number of rotatable bonds is 3. The Bertz CT molecular complexity index is 517. The van der Waals surface area contributed by atoms with Crippen LogP contribution in [0.1, 0.15) is 18.5 Å². The summed E-state index contributed by atoms with van der Waals surface area (Å²) in [7, 11) is 1.88. The molecule has 0 fully saturated rings. The number of halogens is 2. The second-order valence-electron chi connectivity index (χ2n) is 3.65. The molecule has 2 aromatic rings. The summed E-state index contributed by atoms with van der Waals surface area (Å²) in [6.07, 6.45) is 0. The van der Waals surface area contributed by atoms with Crippen LogP contribution >= 0.6 is 27.3 Å². The van der Waals surface area contributed by atoms with E-state index in [1.54, 1.807) is 12.1 Å². The van der Waals surface area contributed by atoms with E-state index in [1.165, 1.54) is 17.4 Å². The zero-order chi connectivity index (χ0) is 12.4. The number of benzene rings is 1. The molecule has 0 spiro atoms. The molecule has 0 aliphatic carbocycles. The van der Waals surface area contributed by atoms with Crippen LogP contribution in [0.25, 0.3) is 0 Å². The highest BCUT2D eigenvalue weighted by Crippen LogP contribution is 2.30. The lowest BCUT2D eigenvalue weighted by atomic mass is 10.1. The number of hydrogen-bond acceptors (Lipinski definition) is 4. The van der Waals surface area contributed by atoms with Crippen LogP contribution in [0, 0.1) is 5.82 Å². The first-order chi connectivity index (χ1) is 8.09. The van der Waals surface area contributed by atoms with Gasteiger partial charge >= 0.3 is 0 Å². The second kappa shape index (κ2) is 5.10. The molecule has 1 unspecified atom stereocenters. The highest BCUT2D eigenvalue weighted by Gasteiger charge is 2.18. The van der Waals surface area contributed by atoms with Crippen LogP contribution in [0.5, 0.6) is 0 Å². The first-order valence-electron chi connectivity index (χ1n) is 5.06. The molecule has 3 nitrogen and oxygen atoms in total. The van der Waals surface area contributed by atoms with Gasteiger partial charge in [0.25, 0.3) is 0 Å². The molecule has 2 rings (SSSR count). The third-order valence-electron chi connectivity index (χ3n) is 2.63. The van der Waals surface area contributed by atoms with Crippen molar-refractivity contribution >= 4 is 32.4 Å². The molecule has 0 aliphatic rings. The van der Waals surface area contributed by atoms with E-state index in [9.17, 15) is 4.39 Å². The monoisotopic (exact) mass is 315 g/mol. The Hall–Kier alpha value is -1.01. The second-order valence-corrected chi connectivity index (χ2v) is 5.88. The molecule has 0 saturated carbocycles. The summed E-state index contributed by atoms with van der Waals surface area (Å²) in [5.74, 6) is -0.199. The molecular weight excluding hydrogens is 305 g/mol. The Morgan fingerprint density at radius 3 is 2.65 bits per heavy atom. The summed E-state index contributed by atoms with van der Waals surface area (Å²) in [6, 6.07) is 6.68. The molecule has 1 heterocycles. The maximum Gasteiger partial charge on any atom is 0.209 e. The van der Waals surface area contributed by atoms with Crippen LogP contribution in [0.3, 0.4) is 0 Å². The van der Waals surface area contributed by atoms with E-state index in [-0.39, 0.29) is 11.9 Å². The molecule has 0 saturated heterocycles. The van der Waals surface area contributed by atoms with Crippen molar-refractivity contribution in [2.45, 2.75) is 13.0 Å². The Morgan fingerprint density at radius 1 is 1.35 bits per heavy atom. The van der Waals surface area contributed by atoms with Gasteiger partial charge in [-0.3, -0.25) is 0 Å². The van der Waals surface area contributed by atoms with Crippen LogP contribution in [0.2, 0.25) is 0 Å². The van der Waals surface area contributed by atoms with Crippen molar-refractivity contribution in [3.63, 3.8) is 0 Å². The Morgan fingerprint density at radius 2 is 2.06 bits per heavy atom. The quantitative estimate of drug-likeness (QED) is 0.866. The Labute approximate surface area is 111 Å². The van der Waals surface area contributed by atoms with Gasteiger partial charge in [0.1, 0.15) is 5.82 Å². The average Bonchev–Trinajstić information content (AvgIpc) is 2.75. The molecule has 0 radical (unpaired) electrons. The summed E-state index contributed by atoms with van der Waals surface area (Å²) in [4.78, 5) is 1.90. The molecule has 1 aromatic heterocycles.